The lowest BCUT2D eigenvalue weighted by Gasteiger charge is -2.23. The van der Waals surface area contributed by atoms with Gasteiger partial charge in [-0.25, -0.2) is 4.68 Å². The number of alkyl halides is 2. The van der Waals surface area contributed by atoms with Crippen LogP contribution in [0.25, 0.3) is 0 Å². The van der Waals surface area contributed by atoms with Crippen molar-refractivity contribution in [2.24, 2.45) is 0 Å². The quantitative estimate of drug-likeness (QED) is 0.887. The third kappa shape index (κ3) is 4.38. The van der Waals surface area contributed by atoms with Crippen molar-refractivity contribution in [3.8, 4) is 0 Å². The minimum absolute atomic E-state index is 0. The molecule has 0 aromatic carbocycles. The van der Waals surface area contributed by atoms with Gasteiger partial charge in [-0.15, -0.1) is 12.4 Å². The second-order valence-corrected chi connectivity index (χ2v) is 5.16. The van der Waals surface area contributed by atoms with Crippen LogP contribution in [-0.4, -0.2) is 34.8 Å². The molecule has 0 bridgehead atoms. The number of carbonyl (C=O) groups excluding carboxylic acids is 1. The van der Waals surface area contributed by atoms with Crippen molar-refractivity contribution < 1.29 is 13.6 Å². The lowest BCUT2D eigenvalue weighted by Crippen LogP contribution is -2.46. The van der Waals surface area contributed by atoms with Gasteiger partial charge in [-0.1, -0.05) is 0 Å². The molecule has 0 saturated carbocycles. The van der Waals surface area contributed by atoms with Crippen LogP contribution in [0, 0.1) is 13.8 Å². The van der Waals surface area contributed by atoms with Crippen LogP contribution in [0.3, 0.4) is 0 Å². The van der Waals surface area contributed by atoms with E-state index in [1.807, 2.05) is 0 Å². The Morgan fingerprint density at radius 3 is 2.76 bits per heavy atom. The number of hydrogen-bond donors (Lipinski definition) is 2. The summed E-state index contributed by atoms with van der Waals surface area (Å²) < 4.78 is 26.1. The van der Waals surface area contributed by atoms with Crippen LogP contribution < -0.4 is 10.6 Å². The van der Waals surface area contributed by atoms with Gasteiger partial charge in [-0.2, -0.15) is 13.9 Å². The molecule has 0 aliphatic carbocycles. The number of aryl methyl sites for hydroxylation is 1. The number of halogens is 3. The zero-order valence-electron chi connectivity index (χ0n) is 12.2. The van der Waals surface area contributed by atoms with E-state index in [4.69, 9.17) is 0 Å². The Balaban J connectivity index is 0.00000220. The third-order valence-corrected chi connectivity index (χ3v) is 3.66. The highest BCUT2D eigenvalue weighted by Gasteiger charge is 2.21. The van der Waals surface area contributed by atoms with Crippen LogP contribution in [0.2, 0.25) is 0 Å². The minimum atomic E-state index is -2.67. The Morgan fingerprint density at radius 1 is 1.52 bits per heavy atom. The molecule has 1 amide bonds. The van der Waals surface area contributed by atoms with Gasteiger partial charge in [0.2, 0.25) is 5.91 Å². The van der Waals surface area contributed by atoms with E-state index < -0.39 is 6.55 Å². The lowest BCUT2D eigenvalue weighted by molar-refractivity contribution is -0.121. The first-order valence-electron chi connectivity index (χ1n) is 6.82. The van der Waals surface area contributed by atoms with Crippen LogP contribution in [0.15, 0.2) is 0 Å². The number of amides is 1. The van der Waals surface area contributed by atoms with Gasteiger partial charge < -0.3 is 10.6 Å². The maximum atomic E-state index is 12.7. The van der Waals surface area contributed by atoms with E-state index in [0.29, 0.717) is 21.6 Å². The van der Waals surface area contributed by atoms with E-state index in [-0.39, 0.29) is 30.8 Å². The van der Waals surface area contributed by atoms with Crippen molar-refractivity contribution in [3.63, 3.8) is 0 Å². The second-order valence-electron chi connectivity index (χ2n) is 5.16. The van der Waals surface area contributed by atoms with E-state index in [1.54, 1.807) is 13.8 Å². The normalized spacial score (nSPS) is 18.4. The monoisotopic (exact) mass is 322 g/mol. The first-order valence-corrected chi connectivity index (χ1v) is 6.82. The van der Waals surface area contributed by atoms with Crippen molar-refractivity contribution in [2.45, 2.75) is 45.7 Å². The third-order valence-electron chi connectivity index (χ3n) is 3.66. The van der Waals surface area contributed by atoms with Crippen molar-refractivity contribution >= 4 is 18.3 Å². The summed E-state index contributed by atoms with van der Waals surface area (Å²) in [5, 5.41) is 9.93. The average molecular weight is 323 g/mol. The van der Waals surface area contributed by atoms with Crippen LogP contribution >= 0.6 is 12.4 Å². The van der Waals surface area contributed by atoms with Crippen molar-refractivity contribution in [1.29, 1.82) is 0 Å². The van der Waals surface area contributed by atoms with Gasteiger partial charge in [0.05, 0.1) is 12.1 Å². The molecule has 1 fully saturated rings. The Bertz CT molecular complexity index is 487. The molecule has 0 spiro atoms. The molecule has 1 aliphatic rings. The van der Waals surface area contributed by atoms with E-state index in [2.05, 4.69) is 15.7 Å². The van der Waals surface area contributed by atoms with Gasteiger partial charge in [0.15, 0.2) is 0 Å². The molecule has 1 aromatic heterocycles. The summed E-state index contributed by atoms with van der Waals surface area (Å²) in [5.41, 5.74) is 1.43. The number of piperidine rings is 1. The minimum Gasteiger partial charge on any atom is -0.352 e. The largest absolute Gasteiger partial charge is 0.352 e. The molecular formula is C13H21ClF2N4O. The molecule has 1 aliphatic heterocycles. The number of nitrogens with one attached hydrogen (secondary N) is 2. The van der Waals surface area contributed by atoms with Gasteiger partial charge in [0, 0.05) is 23.8 Å². The summed E-state index contributed by atoms with van der Waals surface area (Å²) in [6, 6.07) is 0.127. The van der Waals surface area contributed by atoms with Crippen molar-refractivity contribution in [2.75, 3.05) is 13.1 Å². The molecule has 21 heavy (non-hydrogen) atoms. The fourth-order valence-electron chi connectivity index (χ4n) is 2.56. The number of nitrogens with zero attached hydrogens (tertiary/aromatic N) is 2. The van der Waals surface area contributed by atoms with Gasteiger partial charge in [0.25, 0.3) is 0 Å². The van der Waals surface area contributed by atoms with Gasteiger partial charge in [0.1, 0.15) is 0 Å². The Labute approximate surface area is 128 Å². The molecule has 1 atom stereocenters. The van der Waals surface area contributed by atoms with Crippen LogP contribution in [0.1, 0.15) is 36.3 Å². The van der Waals surface area contributed by atoms with Crippen molar-refractivity contribution in [1.82, 2.24) is 20.4 Å². The van der Waals surface area contributed by atoms with Crippen LogP contribution in [0.4, 0.5) is 8.78 Å². The van der Waals surface area contributed by atoms with Gasteiger partial charge in [-0.05, 0) is 33.2 Å². The first-order chi connectivity index (χ1) is 9.49. The van der Waals surface area contributed by atoms with Gasteiger partial charge in [-0.3, -0.25) is 4.79 Å². The van der Waals surface area contributed by atoms with E-state index in [1.165, 1.54) is 0 Å². The molecule has 5 nitrogen and oxygen atoms in total. The highest BCUT2D eigenvalue weighted by Crippen LogP contribution is 2.19. The molecule has 2 heterocycles. The zero-order valence-corrected chi connectivity index (χ0v) is 13.0. The summed E-state index contributed by atoms with van der Waals surface area (Å²) in [6.45, 7) is 2.28. The molecule has 1 aromatic rings. The maximum Gasteiger partial charge on any atom is 0.333 e. The molecule has 1 saturated heterocycles. The topological polar surface area (TPSA) is 59.0 Å². The fourth-order valence-corrected chi connectivity index (χ4v) is 2.56. The summed E-state index contributed by atoms with van der Waals surface area (Å²) in [5.74, 6) is -0.140. The van der Waals surface area contributed by atoms with Crippen LogP contribution in [0.5, 0.6) is 0 Å². The number of aromatic nitrogens is 2. The zero-order chi connectivity index (χ0) is 14.7. The highest BCUT2D eigenvalue weighted by molar-refractivity contribution is 5.85. The molecule has 120 valence electrons. The lowest BCUT2D eigenvalue weighted by atomic mass is 10.1. The van der Waals surface area contributed by atoms with Crippen molar-refractivity contribution in [3.05, 3.63) is 17.0 Å². The predicted octanol–water partition coefficient (Wildman–Crippen LogP) is 1.73. The smallest absolute Gasteiger partial charge is 0.333 e. The average Bonchev–Trinajstić information content (AvgIpc) is 2.68. The van der Waals surface area contributed by atoms with Gasteiger partial charge >= 0.3 is 6.55 Å². The maximum absolute atomic E-state index is 12.7. The number of rotatable bonds is 4. The van der Waals surface area contributed by atoms with Crippen LogP contribution in [-0.2, 0) is 11.2 Å². The number of hydrogen-bond acceptors (Lipinski definition) is 3. The van der Waals surface area contributed by atoms with E-state index in [0.717, 1.165) is 25.9 Å². The second kappa shape index (κ2) is 7.70. The molecule has 0 radical (unpaired) electrons. The summed E-state index contributed by atoms with van der Waals surface area (Å²) in [7, 11) is 0. The first kappa shape index (κ1) is 17.8. The fraction of sp³-hybridized carbons (Fsp3) is 0.692. The summed E-state index contributed by atoms with van der Waals surface area (Å²) in [6.07, 6.45) is 2.08. The number of carbonyl (C=O) groups is 1. The summed E-state index contributed by atoms with van der Waals surface area (Å²) in [4.78, 5) is 12.0. The SMILES string of the molecule is Cc1nn(C(F)F)c(C)c1CC(=O)NC1CCCNC1.Cl. The molecular weight excluding hydrogens is 302 g/mol. The Hall–Kier alpha value is -1.21. The predicted molar refractivity (Wildman–Crippen MR) is 77.9 cm³/mol. The molecule has 2 N–H and O–H groups in total. The van der Waals surface area contributed by atoms with E-state index >= 15 is 0 Å². The Kier molecular flexibility index (Phi) is 6.54. The molecule has 8 heteroatoms. The highest BCUT2D eigenvalue weighted by atomic mass is 35.5. The standard InChI is InChI=1S/C13H20F2N4O.ClH/c1-8-11(9(2)19(18-8)13(14)15)6-12(20)17-10-4-3-5-16-7-10;/h10,13,16H,3-7H2,1-2H3,(H,17,20);1H. The molecule has 2 rings (SSSR count). The Morgan fingerprint density at radius 2 is 2.24 bits per heavy atom. The summed E-state index contributed by atoms with van der Waals surface area (Å²) >= 11 is 0. The molecule has 1 unspecified atom stereocenters. The van der Waals surface area contributed by atoms with E-state index in [9.17, 15) is 13.6 Å².